The van der Waals surface area contributed by atoms with Crippen molar-refractivity contribution in [3.8, 4) is 0 Å². The molecule has 1 saturated heterocycles. The molecular formula is C17H21NO2. The second-order valence-corrected chi connectivity index (χ2v) is 5.23. The maximum atomic E-state index is 12.6. The Bertz CT molecular complexity index is 481. The Morgan fingerprint density at radius 3 is 2.70 bits per heavy atom. The van der Waals surface area contributed by atoms with Crippen LogP contribution in [0.4, 0.5) is 0 Å². The van der Waals surface area contributed by atoms with E-state index in [0.717, 1.165) is 25.7 Å². The molecule has 1 aromatic rings. The summed E-state index contributed by atoms with van der Waals surface area (Å²) in [5, 5.41) is 0. The third-order valence-electron chi connectivity index (χ3n) is 3.77. The van der Waals surface area contributed by atoms with Crippen LogP contribution in [0.1, 0.15) is 42.5 Å². The molecule has 1 aromatic carbocycles. The molecular weight excluding hydrogens is 250 g/mol. The lowest BCUT2D eigenvalue weighted by Gasteiger charge is -2.28. The van der Waals surface area contributed by atoms with Gasteiger partial charge in [0.2, 0.25) is 5.91 Å². The minimum atomic E-state index is -0.174. The van der Waals surface area contributed by atoms with Crippen LogP contribution in [0.5, 0.6) is 0 Å². The van der Waals surface area contributed by atoms with Crippen molar-refractivity contribution < 1.29 is 9.59 Å². The average molecular weight is 271 g/mol. The number of carbonyl (C=O) groups is 2. The van der Waals surface area contributed by atoms with E-state index in [-0.39, 0.29) is 17.7 Å². The first-order valence-corrected chi connectivity index (χ1v) is 7.25. The van der Waals surface area contributed by atoms with E-state index in [4.69, 9.17) is 0 Å². The highest BCUT2D eigenvalue weighted by molar-refractivity contribution is 6.05. The van der Waals surface area contributed by atoms with Crippen molar-refractivity contribution in [2.75, 3.05) is 6.54 Å². The molecule has 0 aliphatic carbocycles. The van der Waals surface area contributed by atoms with Crippen LogP contribution in [0.15, 0.2) is 43.0 Å². The van der Waals surface area contributed by atoms with Gasteiger partial charge in [0, 0.05) is 18.0 Å². The fraction of sp³-hybridized carbons (Fsp3) is 0.412. The second-order valence-electron chi connectivity index (χ2n) is 5.23. The highest BCUT2D eigenvalue weighted by Gasteiger charge is 2.29. The van der Waals surface area contributed by atoms with E-state index < -0.39 is 0 Å². The van der Waals surface area contributed by atoms with Gasteiger partial charge in [0.25, 0.3) is 5.91 Å². The van der Waals surface area contributed by atoms with E-state index in [0.29, 0.717) is 18.5 Å². The number of carbonyl (C=O) groups excluding carboxylic acids is 2. The van der Waals surface area contributed by atoms with Crippen molar-refractivity contribution in [2.45, 2.75) is 32.1 Å². The smallest absolute Gasteiger partial charge is 0.260 e. The fourth-order valence-corrected chi connectivity index (χ4v) is 2.65. The number of rotatable bonds is 3. The van der Waals surface area contributed by atoms with Crippen LogP contribution in [-0.4, -0.2) is 23.3 Å². The van der Waals surface area contributed by atoms with Gasteiger partial charge < -0.3 is 0 Å². The zero-order valence-electron chi connectivity index (χ0n) is 11.8. The number of benzene rings is 1. The summed E-state index contributed by atoms with van der Waals surface area (Å²) in [5.74, 6) is -0.314. The molecule has 1 aliphatic heterocycles. The molecule has 0 unspecified atom stereocenters. The maximum absolute atomic E-state index is 12.6. The molecule has 1 heterocycles. The Balaban J connectivity index is 2.20. The molecule has 0 saturated carbocycles. The Hall–Kier alpha value is -1.90. The second kappa shape index (κ2) is 7.04. The lowest BCUT2D eigenvalue weighted by Crippen LogP contribution is -2.42. The molecule has 0 bridgehead atoms. The van der Waals surface area contributed by atoms with Gasteiger partial charge in [-0.1, -0.05) is 37.1 Å². The minimum absolute atomic E-state index is 0.0431. The molecule has 1 atom stereocenters. The molecule has 0 aromatic heterocycles. The number of imide groups is 1. The minimum Gasteiger partial charge on any atom is -0.278 e. The van der Waals surface area contributed by atoms with Crippen LogP contribution in [0.25, 0.3) is 0 Å². The van der Waals surface area contributed by atoms with E-state index in [1.54, 1.807) is 18.2 Å². The van der Waals surface area contributed by atoms with Crippen LogP contribution in [-0.2, 0) is 4.79 Å². The van der Waals surface area contributed by atoms with Gasteiger partial charge in [-0.3, -0.25) is 14.5 Å². The van der Waals surface area contributed by atoms with Crippen LogP contribution in [0.3, 0.4) is 0 Å². The molecule has 106 valence electrons. The predicted molar refractivity (Wildman–Crippen MR) is 79.3 cm³/mol. The summed E-state index contributed by atoms with van der Waals surface area (Å²) in [6.07, 6.45) is 6.29. The molecule has 1 aliphatic rings. The summed E-state index contributed by atoms with van der Waals surface area (Å²) in [7, 11) is 0. The van der Waals surface area contributed by atoms with Crippen molar-refractivity contribution in [1.29, 1.82) is 0 Å². The molecule has 3 heteroatoms. The van der Waals surface area contributed by atoms with Gasteiger partial charge in [-0.15, -0.1) is 6.58 Å². The number of allylic oxidation sites excluding steroid dienone is 1. The van der Waals surface area contributed by atoms with E-state index >= 15 is 0 Å². The SMILES string of the molecule is C=CC[C@@H]1CCCCCN(C(=O)c2ccccc2)C1=O. The highest BCUT2D eigenvalue weighted by Crippen LogP contribution is 2.22. The summed E-state index contributed by atoms with van der Waals surface area (Å²) in [4.78, 5) is 26.5. The summed E-state index contributed by atoms with van der Waals surface area (Å²) in [6.45, 7) is 4.24. The van der Waals surface area contributed by atoms with Crippen molar-refractivity contribution in [3.63, 3.8) is 0 Å². The Morgan fingerprint density at radius 1 is 1.25 bits per heavy atom. The number of hydrogen-bond donors (Lipinski definition) is 0. The average Bonchev–Trinajstić information content (AvgIpc) is 2.47. The first-order chi connectivity index (χ1) is 9.74. The zero-order valence-corrected chi connectivity index (χ0v) is 11.8. The number of hydrogen-bond acceptors (Lipinski definition) is 2. The van der Waals surface area contributed by atoms with E-state index in [2.05, 4.69) is 6.58 Å². The summed E-state index contributed by atoms with van der Waals surface area (Å²) in [5.41, 5.74) is 0.582. The molecule has 0 N–H and O–H groups in total. The van der Waals surface area contributed by atoms with Crippen LogP contribution >= 0.6 is 0 Å². The van der Waals surface area contributed by atoms with E-state index in [9.17, 15) is 9.59 Å². The summed E-state index contributed by atoms with van der Waals surface area (Å²) >= 11 is 0. The molecule has 2 amide bonds. The normalized spacial score (nSPS) is 20.1. The van der Waals surface area contributed by atoms with Gasteiger partial charge in [0.05, 0.1) is 0 Å². The van der Waals surface area contributed by atoms with Gasteiger partial charge >= 0.3 is 0 Å². The first kappa shape index (κ1) is 14.5. The van der Waals surface area contributed by atoms with Gasteiger partial charge in [-0.2, -0.15) is 0 Å². The molecule has 3 nitrogen and oxygen atoms in total. The van der Waals surface area contributed by atoms with E-state index in [1.807, 2.05) is 18.2 Å². The van der Waals surface area contributed by atoms with Crippen LogP contribution < -0.4 is 0 Å². The molecule has 20 heavy (non-hydrogen) atoms. The number of amides is 2. The van der Waals surface area contributed by atoms with Gasteiger partial charge in [-0.05, 0) is 31.4 Å². The lowest BCUT2D eigenvalue weighted by atomic mass is 9.93. The van der Waals surface area contributed by atoms with Crippen molar-refractivity contribution in [2.24, 2.45) is 5.92 Å². The lowest BCUT2D eigenvalue weighted by molar-refractivity contribution is -0.133. The van der Waals surface area contributed by atoms with Crippen molar-refractivity contribution in [3.05, 3.63) is 48.6 Å². The quantitative estimate of drug-likeness (QED) is 0.624. The maximum Gasteiger partial charge on any atom is 0.260 e. The highest BCUT2D eigenvalue weighted by atomic mass is 16.2. The van der Waals surface area contributed by atoms with Crippen LogP contribution in [0.2, 0.25) is 0 Å². The van der Waals surface area contributed by atoms with Crippen LogP contribution in [0, 0.1) is 5.92 Å². The van der Waals surface area contributed by atoms with Gasteiger partial charge in [0.1, 0.15) is 0 Å². The monoisotopic (exact) mass is 271 g/mol. The molecule has 1 fully saturated rings. The van der Waals surface area contributed by atoms with Crippen molar-refractivity contribution >= 4 is 11.8 Å². The largest absolute Gasteiger partial charge is 0.278 e. The summed E-state index contributed by atoms with van der Waals surface area (Å²) < 4.78 is 0. The fourth-order valence-electron chi connectivity index (χ4n) is 2.65. The third kappa shape index (κ3) is 3.35. The van der Waals surface area contributed by atoms with Gasteiger partial charge in [-0.25, -0.2) is 0 Å². The molecule has 0 spiro atoms. The Kier molecular flexibility index (Phi) is 5.10. The first-order valence-electron chi connectivity index (χ1n) is 7.25. The summed E-state index contributed by atoms with van der Waals surface area (Å²) in [6, 6.07) is 9.03. The number of nitrogens with zero attached hydrogens (tertiary/aromatic N) is 1. The van der Waals surface area contributed by atoms with Crippen molar-refractivity contribution in [1.82, 2.24) is 4.90 Å². The van der Waals surface area contributed by atoms with E-state index in [1.165, 1.54) is 4.90 Å². The molecule has 0 radical (unpaired) electrons. The third-order valence-corrected chi connectivity index (χ3v) is 3.77. The molecule has 2 rings (SSSR count). The topological polar surface area (TPSA) is 37.4 Å². The Labute approximate surface area is 120 Å². The number of likely N-dealkylation sites (tertiary alicyclic amines) is 1. The zero-order chi connectivity index (χ0) is 14.4. The Morgan fingerprint density at radius 2 is 2.00 bits per heavy atom. The predicted octanol–water partition coefficient (Wildman–Crippen LogP) is 3.42. The standard InChI is InChI=1S/C17H21NO2/c1-2-9-14-10-7-4-8-13-18(16(14)19)17(20)15-11-5-3-6-12-15/h2-3,5-6,11-12,14H,1,4,7-10,13H2/t14-/m1/s1. The van der Waals surface area contributed by atoms with Gasteiger partial charge in [0.15, 0.2) is 0 Å².